The lowest BCUT2D eigenvalue weighted by molar-refractivity contribution is -0.122. The second-order valence-corrected chi connectivity index (χ2v) is 6.09. The van der Waals surface area contributed by atoms with Crippen molar-refractivity contribution < 1.29 is 9.59 Å². The number of aryl methyl sites for hydroxylation is 1. The highest BCUT2D eigenvalue weighted by molar-refractivity contribution is 5.94. The molecule has 0 aliphatic heterocycles. The maximum atomic E-state index is 12.3. The molecule has 2 amide bonds. The Hall–Kier alpha value is -2.66. The van der Waals surface area contributed by atoms with Gasteiger partial charge in [0.1, 0.15) is 0 Å². The summed E-state index contributed by atoms with van der Waals surface area (Å²) in [5.41, 5.74) is 3.83. The van der Waals surface area contributed by atoms with Crippen LogP contribution in [-0.2, 0) is 17.9 Å². The summed E-state index contributed by atoms with van der Waals surface area (Å²) in [6.07, 6.45) is 0. The first kappa shape index (κ1) is 18.7. The highest BCUT2D eigenvalue weighted by Gasteiger charge is 2.10. The van der Waals surface area contributed by atoms with Crippen LogP contribution in [0.25, 0.3) is 0 Å². The van der Waals surface area contributed by atoms with Gasteiger partial charge in [0.05, 0.1) is 6.04 Å². The van der Waals surface area contributed by atoms with E-state index in [0.29, 0.717) is 18.7 Å². The molecule has 0 saturated heterocycles. The van der Waals surface area contributed by atoms with E-state index in [2.05, 4.69) is 16.0 Å². The van der Waals surface area contributed by atoms with E-state index in [0.717, 1.165) is 11.1 Å². The smallest absolute Gasteiger partial charge is 0.251 e. The van der Waals surface area contributed by atoms with Crippen LogP contribution in [0.2, 0.25) is 0 Å². The van der Waals surface area contributed by atoms with Crippen molar-refractivity contribution in [1.29, 1.82) is 0 Å². The summed E-state index contributed by atoms with van der Waals surface area (Å²) in [4.78, 5) is 23.8. The molecule has 0 bridgehead atoms. The van der Waals surface area contributed by atoms with E-state index in [1.165, 1.54) is 5.56 Å². The second-order valence-electron chi connectivity index (χ2n) is 6.09. The van der Waals surface area contributed by atoms with E-state index in [9.17, 15) is 9.59 Å². The van der Waals surface area contributed by atoms with Crippen LogP contribution in [0.3, 0.4) is 0 Å². The Morgan fingerprint density at radius 1 is 1.00 bits per heavy atom. The number of carbonyl (C=O) groups excluding carboxylic acids is 2. The molecule has 0 fully saturated rings. The van der Waals surface area contributed by atoms with Crippen molar-refractivity contribution in [3.05, 3.63) is 70.8 Å². The Bertz CT molecular complexity index is 726. The van der Waals surface area contributed by atoms with Gasteiger partial charge in [0.25, 0.3) is 5.91 Å². The highest BCUT2D eigenvalue weighted by atomic mass is 16.2. The maximum Gasteiger partial charge on any atom is 0.251 e. The van der Waals surface area contributed by atoms with Gasteiger partial charge in [0.2, 0.25) is 5.91 Å². The summed E-state index contributed by atoms with van der Waals surface area (Å²) in [5, 5.41) is 8.67. The van der Waals surface area contributed by atoms with Crippen molar-refractivity contribution >= 4 is 11.8 Å². The van der Waals surface area contributed by atoms with Crippen LogP contribution in [0.4, 0.5) is 0 Å². The number of amides is 2. The van der Waals surface area contributed by atoms with Crippen LogP contribution in [0.5, 0.6) is 0 Å². The van der Waals surface area contributed by atoms with Gasteiger partial charge >= 0.3 is 0 Å². The molecule has 0 aliphatic rings. The Balaban J connectivity index is 1.92. The third kappa shape index (κ3) is 5.72. The lowest BCUT2D eigenvalue weighted by atomic mass is 10.1. The second kappa shape index (κ2) is 8.99. The Morgan fingerprint density at radius 2 is 1.72 bits per heavy atom. The zero-order chi connectivity index (χ0) is 18.2. The monoisotopic (exact) mass is 339 g/mol. The van der Waals surface area contributed by atoms with Crippen molar-refractivity contribution in [2.45, 2.75) is 33.0 Å². The van der Waals surface area contributed by atoms with Gasteiger partial charge in [0, 0.05) is 25.7 Å². The Morgan fingerprint density at radius 3 is 2.40 bits per heavy atom. The van der Waals surface area contributed by atoms with E-state index in [1.807, 2.05) is 49.4 Å². The third-order valence-electron chi connectivity index (χ3n) is 4.01. The molecule has 2 aromatic carbocycles. The molecule has 1 atom stereocenters. The van der Waals surface area contributed by atoms with Gasteiger partial charge in [0.15, 0.2) is 0 Å². The fourth-order valence-corrected chi connectivity index (χ4v) is 2.39. The predicted molar refractivity (Wildman–Crippen MR) is 99.2 cm³/mol. The lowest BCUT2D eigenvalue weighted by Crippen LogP contribution is -2.40. The largest absolute Gasteiger partial charge is 0.358 e. The van der Waals surface area contributed by atoms with Crippen molar-refractivity contribution in [1.82, 2.24) is 16.0 Å². The number of carbonyl (C=O) groups is 2. The molecule has 2 rings (SSSR count). The first-order valence-corrected chi connectivity index (χ1v) is 8.37. The number of hydrogen-bond acceptors (Lipinski definition) is 3. The summed E-state index contributed by atoms with van der Waals surface area (Å²) in [6, 6.07) is 15.2. The van der Waals surface area contributed by atoms with Crippen molar-refractivity contribution in [3.8, 4) is 0 Å². The van der Waals surface area contributed by atoms with Crippen LogP contribution in [0.15, 0.2) is 48.5 Å². The molecule has 0 aliphatic carbocycles. The number of likely N-dealkylation sites (N-methyl/N-ethyl adjacent to an activating group) is 1. The van der Waals surface area contributed by atoms with E-state index in [4.69, 9.17) is 0 Å². The molecule has 3 N–H and O–H groups in total. The number of rotatable bonds is 7. The molecule has 132 valence electrons. The van der Waals surface area contributed by atoms with Crippen LogP contribution in [-0.4, -0.2) is 24.9 Å². The molecule has 1 unspecified atom stereocenters. The predicted octanol–water partition coefficient (Wildman–Crippen LogP) is 2.15. The number of nitrogens with one attached hydrogen (secondary N) is 3. The molecular weight excluding hydrogens is 314 g/mol. The normalized spacial score (nSPS) is 11.6. The van der Waals surface area contributed by atoms with E-state index < -0.39 is 0 Å². The SMILES string of the molecule is CNC(=O)C(C)NCc1cccc(C(=O)NCc2ccc(C)cc2)c1. The summed E-state index contributed by atoms with van der Waals surface area (Å²) in [5.74, 6) is -0.172. The topological polar surface area (TPSA) is 70.2 Å². The molecule has 0 aromatic heterocycles. The summed E-state index contributed by atoms with van der Waals surface area (Å²) >= 11 is 0. The molecule has 0 saturated carbocycles. The zero-order valence-corrected chi connectivity index (χ0v) is 14.9. The molecule has 25 heavy (non-hydrogen) atoms. The zero-order valence-electron chi connectivity index (χ0n) is 14.9. The van der Waals surface area contributed by atoms with E-state index in [-0.39, 0.29) is 17.9 Å². The summed E-state index contributed by atoms with van der Waals surface area (Å²) < 4.78 is 0. The molecule has 0 spiro atoms. The van der Waals surface area contributed by atoms with Gasteiger partial charge in [-0.1, -0.05) is 42.0 Å². The standard InChI is InChI=1S/C20H25N3O2/c1-14-7-9-16(10-8-14)12-23-20(25)18-6-4-5-17(11-18)13-22-15(2)19(24)21-3/h4-11,15,22H,12-13H2,1-3H3,(H,21,24)(H,23,25). The Kier molecular flexibility index (Phi) is 6.71. The van der Waals surface area contributed by atoms with Crippen LogP contribution in [0.1, 0.15) is 34.0 Å². The van der Waals surface area contributed by atoms with Crippen LogP contribution in [0, 0.1) is 6.92 Å². The van der Waals surface area contributed by atoms with E-state index in [1.54, 1.807) is 20.0 Å². The first-order chi connectivity index (χ1) is 12.0. The molecule has 5 heteroatoms. The van der Waals surface area contributed by atoms with Crippen molar-refractivity contribution in [2.75, 3.05) is 7.05 Å². The van der Waals surface area contributed by atoms with Crippen LogP contribution < -0.4 is 16.0 Å². The maximum absolute atomic E-state index is 12.3. The highest BCUT2D eigenvalue weighted by Crippen LogP contribution is 2.07. The fourth-order valence-electron chi connectivity index (χ4n) is 2.39. The number of benzene rings is 2. The molecule has 0 heterocycles. The van der Waals surface area contributed by atoms with E-state index >= 15 is 0 Å². The third-order valence-corrected chi connectivity index (χ3v) is 4.01. The average molecular weight is 339 g/mol. The quantitative estimate of drug-likeness (QED) is 0.724. The molecule has 0 radical (unpaired) electrons. The first-order valence-electron chi connectivity index (χ1n) is 8.37. The summed E-state index contributed by atoms with van der Waals surface area (Å²) in [6.45, 7) is 4.85. The van der Waals surface area contributed by atoms with Gasteiger partial charge in [-0.3, -0.25) is 9.59 Å². The molecule has 5 nitrogen and oxygen atoms in total. The van der Waals surface area contributed by atoms with Crippen molar-refractivity contribution in [2.24, 2.45) is 0 Å². The minimum absolute atomic E-state index is 0.0630. The van der Waals surface area contributed by atoms with Gasteiger partial charge in [-0.15, -0.1) is 0 Å². The van der Waals surface area contributed by atoms with Gasteiger partial charge in [-0.25, -0.2) is 0 Å². The minimum atomic E-state index is -0.288. The average Bonchev–Trinajstić information content (AvgIpc) is 2.64. The summed E-state index contributed by atoms with van der Waals surface area (Å²) in [7, 11) is 1.61. The molecule has 2 aromatic rings. The van der Waals surface area contributed by atoms with Gasteiger partial charge < -0.3 is 16.0 Å². The van der Waals surface area contributed by atoms with Crippen molar-refractivity contribution in [3.63, 3.8) is 0 Å². The van der Waals surface area contributed by atoms with Gasteiger partial charge in [-0.2, -0.15) is 0 Å². The Labute approximate surface area is 148 Å². The number of hydrogen-bond donors (Lipinski definition) is 3. The van der Waals surface area contributed by atoms with Gasteiger partial charge in [-0.05, 0) is 37.1 Å². The molecular formula is C20H25N3O2. The minimum Gasteiger partial charge on any atom is -0.358 e. The fraction of sp³-hybridized carbons (Fsp3) is 0.300. The van der Waals surface area contributed by atoms with Crippen LogP contribution >= 0.6 is 0 Å². The lowest BCUT2D eigenvalue weighted by Gasteiger charge is -2.13.